The summed E-state index contributed by atoms with van der Waals surface area (Å²) in [6.45, 7) is 1.99. The van der Waals surface area contributed by atoms with E-state index in [-0.39, 0.29) is 36.1 Å². The number of hydrogen-bond donors (Lipinski definition) is 1. The average Bonchev–Trinajstić information content (AvgIpc) is 2.79. The van der Waals surface area contributed by atoms with Gasteiger partial charge in [0.05, 0.1) is 11.2 Å². The topological polar surface area (TPSA) is 89.0 Å². The molecule has 0 bridgehead atoms. The molecule has 7 heteroatoms. The van der Waals surface area contributed by atoms with Crippen LogP contribution < -0.4 is 4.72 Å². The Kier molecular flexibility index (Phi) is 7.55. The second kappa shape index (κ2) is 10.4. The van der Waals surface area contributed by atoms with Gasteiger partial charge in [0.2, 0.25) is 0 Å². The number of fused-ring (bicyclic) bond motifs is 1. The number of nitrogens with zero attached hydrogens (tertiary/aromatic N) is 2. The van der Waals surface area contributed by atoms with Crippen molar-refractivity contribution in [3.05, 3.63) is 96.4 Å². The second-order valence-corrected chi connectivity index (χ2v) is 9.39. The Bertz CT molecular complexity index is 1350. The van der Waals surface area contributed by atoms with Crippen LogP contribution in [0.4, 0.5) is 5.69 Å². The maximum Gasteiger partial charge on any atom is 0.264 e. The molecular weight excluding hydrogens is 434 g/mol. The molecule has 0 aliphatic rings. The summed E-state index contributed by atoms with van der Waals surface area (Å²) in [4.78, 5) is 21.7. The van der Waals surface area contributed by atoms with Crippen molar-refractivity contribution in [2.45, 2.75) is 32.1 Å². The Morgan fingerprint density at radius 1 is 0.909 bits per heavy atom. The van der Waals surface area contributed by atoms with Crippen molar-refractivity contribution in [3.8, 4) is 0 Å². The fourth-order valence-electron chi connectivity index (χ4n) is 3.68. The van der Waals surface area contributed by atoms with Gasteiger partial charge in [-0.15, -0.1) is 0 Å². The molecule has 0 saturated carbocycles. The fraction of sp³-hybridized carbons (Fsp3) is 0.192. The van der Waals surface area contributed by atoms with Crippen molar-refractivity contribution in [2.75, 3.05) is 4.72 Å². The summed E-state index contributed by atoms with van der Waals surface area (Å²) in [6.07, 6.45) is 4.24. The van der Waals surface area contributed by atoms with Crippen LogP contribution in [0.3, 0.4) is 0 Å². The van der Waals surface area contributed by atoms with Gasteiger partial charge < -0.3 is 0 Å². The molecule has 4 aromatic rings. The summed E-state index contributed by atoms with van der Waals surface area (Å²) >= 11 is 0. The lowest BCUT2D eigenvalue weighted by atomic mass is 9.95. The van der Waals surface area contributed by atoms with E-state index in [1.165, 1.54) is 6.07 Å². The van der Waals surface area contributed by atoms with Crippen molar-refractivity contribution >= 4 is 32.4 Å². The van der Waals surface area contributed by atoms with Gasteiger partial charge in [-0.3, -0.25) is 19.5 Å². The molecule has 0 radical (unpaired) electrons. The van der Waals surface area contributed by atoms with Gasteiger partial charge in [-0.1, -0.05) is 50.7 Å². The van der Waals surface area contributed by atoms with Crippen molar-refractivity contribution < 1.29 is 13.2 Å². The van der Waals surface area contributed by atoms with Gasteiger partial charge in [-0.2, -0.15) is 0 Å². The van der Waals surface area contributed by atoms with Crippen molar-refractivity contribution in [3.63, 3.8) is 0 Å². The van der Waals surface area contributed by atoms with E-state index < -0.39 is 10.0 Å². The van der Waals surface area contributed by atoms with Gasteiger partial charge in [0, 0.05) is 35.5 Å². The van der Waals surface area contributed by atoms with Crippen molar-refractivity contribution in [1.82, 2.24) is 9.97 Å². The number of aromatic nitrogens is 2. The molecule has 4 rings (SSSR count). The van der Waals surface area contributed by atoms with Crippen LogP contribution in [0.2, 0.25) is 0 Å². The molecule has 0 aliphatic heterocycles. The normalized spacial score (nSPS) is 12.0. The van der Waals surface area contributed by atoms with E-state index in [1.807, 2.05) is 37.3 Å². The minimum Gasteiger partial charge on any atom is -0.294 e. The number of carbonyl (C=O) groups is 1. The summed E-state index contributed by atoms with van der Waals surface area (Å²) in [6, 6.07) is 20.9. The summed E-state index contributed by atoms with van der Waals surface area (Å²) in [7, 11) is -3.95. The van der Waals surface area contributed by atoms with Crippen LogP contribution in [0, 0.1) is 5.92 Å². The highest BCUT2D eigenvalue weighted by molar-refractivity contribution is 7.93. The third kappa shape index (κ3) is 5.62. The number of hydrogen-bond acceptors (Lipinski definition) is 5. The smallest absolute Gasteiger partial charge is 0.264 e. The zero-order valence-corrected chi connectivity index (χ0v) is 18.4. The SMILES string of the molecule is C.CC(CC(=O)c1ccccc1NS(=O)(=O)c1cccc2cccnc12)Cc1ccccn1. The number of sulfonamides is 1. The molecule has 1 unspecified atom stereocenters. The van der Waals surface area contributed by atoms with Crippen molar-refractivity contribution in [2.24, 2.45) is 5.92 Å². The van der Waals surface area contributed by atoms with Crippen LogP contribution in [0.1, 0.15) is 36.8 Å². The van der Waals surface area contributed by atoms with Gasteiger partial charge in [0.25, 0.3) is 10.0 Å². The van der Waals surface area contributed by atoms with Crippen LogP contribution in [-0.2, 0) is 16.4 Å². The van der Waals surface area contributed by atoms with E-state index in [9.17, 15) is 13.2 Å². The lowest BCUT2D eigenvalue weighted by molar-refractivity contribution is 0.0965. The first-order valence-electron chi connectivity index (χ1n) is 10.3. The minimum atomic E-state index is -3.95. The maximum absolute atomic E-state index is 13.2. The zero-order valence-electron chi connectivity index (χ0n) is 17.6. The molecule has 1 atom stereocenters. The number of rotatable bonds is 8. The average molecular weight is 462 g/mol. The molecular formula is C26H27N3O3S. The first kappa shape index (κ1) is 24.1. The highest BCUT2D eigenvalue weighted by Gasteiger charge is 2.22. The van der Waals surface area contributed by atoms with Crippen molar-refractivity contribution in [1.29, 1.82) is 0 Å². The molecule has 0 aliphatic carbocycles. The molecule has 0 spiro atoms. The van der Waals surface area contributed by atoms with E-state index in [4.69, 9.17) is 0 Å². The Balaban J connectivity index is 0.00000306. The largest absolute Gasteiger partial charge is 0.294 e. The molecule has 170 valence electrons. The molecule has 2 aromatic carbocycles. The van der Waals surface area contributed by atoms with Crippen LogP contribution in [0.5, 0.6) is 0 Å². The molecule has 1 N–H and O–H groups in total. The third-order valence-electron chi connectivity index (χ3n) is 5.17. The Morgan fingerprint density at radius 2 is 1.64 bits per heavy atom. The monoisotopic (exact) mass is 461 g/mol. The zero-order chi connectivity index (χ0) is 22.6. The van der Waals surface area contributed by atoms with Gasteiger partial charge in [0.1, 0.15) is 4.90 Å². The van der Waals surface area contributed by atoms with E-state index in [0.29, 0.717) is 17.5 Å². The van der Waals surface area contributed by atoms with Crippen LogP contribution in [0.15, 0.2) is 90.1 Å². The standard InChI is InChI=1S/C25H23N3O3S.CH4/c1-18(16-20-10-4-5-14-26-20)17-23(29)21-11-2-3-12-22(21)28-32(30,31)24-13-6-8-19-9-7-15-27-25(19)24;/h2-15,18,28H,16-17H2,1H3;1H4. The maximum atomic E-state index is 13.2. The lowest BCUT2D eigenvalue weighted by Gasteiger charge is -2.15. The first-order chi connectivity index (χ1) is 15.4. The molecule has 2 heterocycles. The van der Waals surface area contributed by atoms with Crippen LogP contribution >= 0.6 is 0 Å². The highest BCUT2D eigenvalue weighted by Crippen LogP contribution is 2.26. The first-order valence-corrected chi connectivity index (χ1v) is 11.8. The quantitative estimate of drug-likeness (QED) is 0.349. The number of carbonyl (C=O) groups excluding carboxylic acids is 1. The highest BCUT2D eigenvalue weighted by atomic mass is 32.2. The second-order valence-electron chi connectivity index (χ2n) is 7.74. The van der Waals surface area contributed by atoms with E-state index >= 15 is 0 Å². The summed E-state index contributed by atoms with van der Waals surface area (Å²) < 4.78 is 29.0. The number of Topliss-reactive ketones (excluding diaryl/α,β-unsaturated/α-hetero) is 1. The van der Waals surface area contributed by atoms with Gasteiger partial charge in [-0.25, -0.2) is 8.42 Å². The van der Waals surface area contributed by atoms with Gasteiger partial charge >= 0.3 is 0 Å². The summed E-state index contributed by atoms with van der Waals surface area (Å²) in [5, 5.41) is 0.725. The molecule has 6 nitrogen and oxygen atoms in total. The van der Waals surface area contributed by atoms with Crippen LogP contribution in [-0.4, -0.2) is 24.2 Å². The number of ketones is 1. The lowest BCUT2D eigenvalue weighted by Crippen LogP contribution is -2.17. The number of nitrogens with one attached hydrogen (secondary N) is 1. The summed E-state index contributed by atoms with van der Waals surface area (Å²) in [5.74, 6) is -0.0629. The number of benzene rings is 2. The summed E-state index contributed by atoms with van der Waals surface area (Å²) in [5.41, 5.74) is 1.91. The Hall–Kier alpha value is -3.58. The molecule has 33 heavy (non-hydrogen) atoms. The van der Waals surface area contributed by atoms with Gasteiger partial charge in [-0.05, 0) is 48.7 Å². The number of para-hydroxylation sites is 2. The Morgan fingerprint density at radius 3 is 2.42 bits per heavy atom. The number of anilines is 1. The van der Waals surface area contributed by atoms with E-state index in [1.54, 1.807) is 48.8 Å². The third-order valence-corrected chi connectivity index (χ3v) is 6.57. The Labute approximate surface area is 194 Å². The predicted molar refractivity (Wildman–Crippen MR) is 132 cm³/mol. The van der Waals surface area contributed by atoms with Gasteiger partial charge in [0.15, 0.2) is 5.78 Å². The fourth-order valence-corrected chi connectivity index (χ4v) is 4.94. The predicted octanol–water partition coefficient (Wildman–Crippen LogP) is 5.52. The van der Waals surface area contributed by atoms with E-state index in [0.717, 1.165) is 11.1 Å². The molecule has 2 aromatic heterocycles. The number of pyridine rings is 2. The van der Waals surface area contributed by atoms with E-state index in [2.05, 4.69) is 14.7 Å². The molecule has 0 amide bonds. The molecule has 0 fully saturated rings. The minimum absolute atomic E-state index is 0. The molecule has 0 saturated heterocycles. The van der Waals surface area contributed by atoms with Crippen LogP contribution in [0.25, 0.3) is 10.9 Å².